The third-order valence-electron chi connectivity index (χ3n) is 6.81. The summed E-state index contributed by atoms with van der Waals surface area (Å²) in [5.41, 5.74) is 5.98. The van der Waals surface area contributed by atoms with Crippen LogP contribution >= 0.6 is 46.4 Å². The van der Waals surface area contributed by atoms with Crippen LogP contribution in [-0.4, -0.2) is 49.0 Å². The van der Waals surface area contributed by atoms with Gasteiger partial charge in [0.05, 0.1) is 26.5 Å². The van der Waals surface area contributed by atoms with Crippen LogP contribution in [0.4, 0.5) is 0 Å². The number of nitrogens with one attached hydrogen (secondary N) is 2. The summed E-state index contributed by atoms with van der Waals surface area (Å²) in [5.74, 6) is -2.12. The van der Waals surface area contributed by atoms with Crippen molar-refractivity contribution in [2.24, 2.45) is 19.8 Å². The Labute approximate surface area is 274 Å². The first kappa shape index (κ1) is 35.0. The largest absolute Gasteiger partial charge is 0.481 e. The topological polar surface area (TPSA) is 148 Å². The van der Waals surface area contributed by atoms with Gasteiger partial charge in [0.15, 0.2) is 0 Å². The number of hydrogen-bond donors (Lipinski definition) is 4. The minimum atomic E-state index is -0.975. The molecule has 0 aliphatic heterocycles. The van der Waals surface area contributed by atoms with E-state index in [1.807, 2.05) is 0 Å². The number of aromatic nitrogens is 2. The maximum atomic E-state index is 12.5. The zero-order valence-corrected chi connectivity index (χ0v) is 28.0. The predicted molar refractivity (Wildman–Crippen MR) is 175 cm³/mol. The molecule has 2 aromatic heterocycles. The minimum absolute atomic E-state index is 0.0509. The maximum Gasteiger partial charge on any atom is 0.305 e. The van der Waals surface area contributed by atoms with Crippen molar-refractivity contribution in [3.8, 4) is 0 Å². The molecule has 44 heavy (non-hydrogen) atoms. The zero-order chi connectivity index (χ0) is 33.3. The molecular formula is C30H33Cl4N5O5. The van der Waals surface area contributed by atoms with Crippen LogP contribution in [0, 0.1) is 0 Å². The van der Waals surface area contributed by atoms with Gasteiger partial charge >= 0.3 is 5.97 Å². The Morgan fingerprint density at radius 2 is 1.09 bits per heavy atom. The molecule has 4 aromatic rings. The molecule has 0 fully saturated rings. The second-order valence-electron chi connectivity index (χ2n) is 11.7. The Kier molecular flexibility index (Phi) is 10.6. The number of carbonyl (C=O) groups excluding carboxylic acids is 3. The van der Waals surface area contributed by atoms with Gasteiger partial charge < -0.3 is 30.6 Å². The number of hydrogen-bond acceptors (Lipinski definition) is 4. The highest BCUT2D eigenvalue weighted by molar-refractivity contribution is 6.46. The highest BCUT2D eigenvalue weighted by Gasteiger charge is 2.27. The summed E-state index contributed by atoms with van der Waals surface area (Å²) in [7, 11) is 3.51. The number of benzene rings is 2. The second kappa shape index (κ2) is 13.3. The number of aryl methyl sites for hydroxylation is 2. The standard InChI is InChI=1S/C15H17Cl2N3O2.C15H16Cl2N2O3/c1-15(2,7-12(18)21)19-14(22)11-6-8-10(20(11)3)5-4-9(16)13(8)17;1-15(2,7-12(20)21)18-14(22)11-6-8-10(19(11)3)5-4-9(16)13(8)17/h4-6H,7H2,1-3H3,(H2,18,21)(H,19,22);4-6H,7H2,1-3H3,(H,18,22)(H,20,21). The number of halogens is 4. The van der Waals surface area contributed by atoms with E-state index < -0.39 is 23.0 Å². The number of nitrogens with two attached hydrogens (primary N) is 1. The lowest BCUT2D eigenvalue weighted by atomic mass is 10.00. The molecule has 0 aliphatic carbocycles. The Balaban J connectivity index is 0.000000240. The molecule has 14 heteroatoms. The van der Waals surface area contributed by atoms with Crippen LogP contribution in [0.2, 0.25) is 20.1 Å². The number of carboxylic acid groups (broad SMARTS) is 1. The smallest absolute Gasteiger partial charge is 0.305 e. The van der Waals surface area contributed by atoms with Crippen LogP contribution in [0.3, 0.4) is 0 Å². The van der Waals surface area contributed by atoms with Gasteiger partial charge in [-0.05, 0) is 64.1 Å². The fourth-order valence-electron chi connectivity index (χ4n) is 4.78. The quantitative estimate of drug-likeness (QED) is 0.171. The Morgan fingerprint density at radius 3 is 1.43 bits per heavy atom. The minimum Gasteiger partial charge on any atom is -0.481 e. The van der Waals surface area contributed by atoms with E-state index in [9.17, 15) is 19.2 Å². The summed E-state index contributed by atoms with van der Waals surface area (Å²) in [4.78, 5) is 46.8. The molecule has 0 bridgehead atoms. The number of rotatable bonds is 8. The van der Waals surface area contributed by atoms with Crippen molar-refractivity contribution >= 4 is 91.9 Å². The number of aliphatic carboxylic acids is 1. The lowest BCUT2D eigenvalue weighted by Crippen LogP contribution is -2.46. The molecule has 0 radical (unpaired) electrons. The van der Waals surface area contributed by atoms with E-state index in [4.69, 9.17) is 57.2 Å². The summed E-state index contributed by atoms with van der Waals surface area (Å²) in [6.07, 6.45) is -0.121. The highest BCUT2D eigenvalue weighted by Crippen LogP contribution is 2.34. The van der Waals surface area contributed by atoms with E-state index in [1.54, 1.807) is 87.3 Å². The summed E-state index contributed by atoms with van der Waals surface area (Å²) in [6, 6.07) is 10.3. The zero-order valence-electron chi connectivity index (χ0n) is 24.9. The van der Waals surface area contributed by atoms with Gasteiger partial charge in [0.25, 0.3) is 11.8 Å². The monoisotopic (exact) mass is 683 g/mol. The van der Waals surface area contributed by atoms with E-state index in [0.29, 0.717) is 42.3 Å². The number of carboxylic acids is 1. The van der Waals surface area contributed by atoms with E-state index in [1.165, 1.54) is 0 Å². The molecule has 5 N–H and O–H groups in total. The first-order valence-corrected chi connectivity index (χ1v) is 14.8. The summed E-state index contributed by atoms with van der Waals surface area (Å²) in [5, 5.41) is 17.4. The van der Waals surface area contributed by atoms with Crippen molar-refractivity contribution in [2.45, 2.75) is 51.6 Å². The van der Waals surface area contributed by atoms with Crippen molar-refractivity contribution in [3.63, 3.8) is 0 Å². The van der Waals surface area contributed by atoms with Gasteiger partial charge in [0.1, 0.15) is 11.4 Å². The predicted octanol–water partition coefficient (Wildman–Crippen LogP) is 6.34. The molecule has 3 amide bonds. The molecule has 2 heterocycles. The summed E-state index contributed by atoms with van der Waals surface area (Å²) < 4.78 is 3.43. The number of nitrogens with zero attached hydrogens (tertiary/aromatic N) is 2. The average Bonchev–Trinajstić information content (AvgIpc) is 3.39. The first-order chi connectivity index (χ1) is 20.2. The molecule has 236 valence electrons. The fourth-order valence-corrected chi connectivity index (χ4v) is 5.54. The Morgan fingerprint density at radius 1 is 0.727 bits per heavy atom. The molecule has 0 aliphatic rings. The summed E-state index contributed by atoms with van der Waals surface area (Å²) >= 11 is 24.3. The molecule has 0 saturated heterocycles. The third-order valence-corrected chi connectivity index (χ3v) is 8.44. The SMILES string of the molecule is Cn1c(C(=O)NC(C)(C)CC(=O)O)cc2c(Cl)c(Cl)ccc21.Cn1c(C(=O)NC(C)(C)CC(N)=O)cc2c(Cl)c(Cl)ccc21. The first-order valence-electron chi connectivity index (χ1n) is 13.3. The average molecular weight is 685 g/mol. The van der Waals surface area contributed by atoms with Crippen molar-refractivity contribution in [1.82, 2.24) is 19.8 Å². The van der Waals surface area contributed by atoms with E-state index in [2.05, 4.69) is 10.6 Å². The van der Waals surface area contributed by atoms with E-state index >= 15 is 0 Å². The van der Waals surface area contributed by atoms with Crippen LogP contribution in [0.5, 0.6) is 0 Å². The van der Waals surface area contributed by atoms with Crippen LogP contribution in [0.15, 0.2) is 36.4 Å². The van der Waals surface area contributed by atoms with Crippen molar-refractivity contribution in [1.29, 1.82) is 0 Å². The molecular weight excluding hydrogens is 652 g/mol. The van der Waals surface area contributed by atoms with Gasteiger partial charge in [0.2, 0.25) is 5.91 Å². The second-order valence-corrected chi connectivity index (χ2v) is 13.2. The lowest BCUT2D eigenvalue weighted by Gasteiger charge is -2.24. The molecule has 0 spiro atoms. The normalized spacial score (nSPS) is 11.7. The van der Waals surface area contributed by atoms with Gasteiger partial charge in [-0.2, -0.15) is 0 Å². The summed E-state index contributed by atoms with van der Waals surface area (Å²) in [6.45, 7) is 6.79. The molecule has 2 aromatic carbocycles. The van der Waals surface area contributed by atoms with Crippen LogP contribution in [-0.2, 0) is 23.7 Å². The fraction of sp³-hybridized carbons (Fsp3) is 0.333. The lowest BCUT2D eigenvalue weighted by molar-refractivity contribution is -0.138. The number of carbonyl (C=O) groups is 4. The highest BCUT2D eigenvalue weighted by atomic mass is 35.5. The molecule has 4 rings (SSSR count). The molecule has 10 nitrogen and oxygen atoms in total. The number of amides is 3. The number of fused-ring (bicyclic) bond motifs is 2. The van der Waals surface area contributed by atoms with Gasteiger partial charge in [0, 0.05) is 53.4 Å². The van der Waals surface area contributed by atoms with Crippen LogP contribution < -0.4 is 16.4 Å². The van der Waals surface area contributed by atoms with Crippen LogP contribution in [0.25, 0.3) is 21.8 Å². The van der Waals surface area contributed by atoms with Gasteiger partial charge in [-0.15, -0.1) is 0 Å². The maximum absolute atomic E-state index is 12.5. The Bertz CT molecular complexity index is 1660. The van der Waals surface area contributed by atoms with Crippen LogP contribution in [0.1, 0.15) is 61.5 Å². The number of primary amides is 1. The van der Waals surface area contributed by atoms with Gasteiger partial charge in [-0.25, -0.2) is 0 Å². The van der Waals surface area contributed by atoms with Gasteiger partial charge in [-0.3, -0.25) is 19.2 Å². The van der Waals surface area contributed by atoms with Crippen molar-refractivity contribution < 1.29 is 24.3 Å². The van der Waals surface area contributed by atoms with E-state index in [0.717, 1.165) is 11.0 Å². The molecule has 0 atom stereocenters. The molecule has 0 saturated carbocycles. The van der Waals surface area contributed by atoms with Gasteiger partial charge in [-0.1, -0.05) is 46.4 Å². The third kappa shape index (κ3) is 7.98. The molecule has 0 unspecified atom stereocenters. The van der Waals surface area contributed by atoms with E-state index in [-0.39, 0.29) is 24.7 Å². The van der Waals surface area contributed by atoms with Crippen molar-refractivity contribution in [2.75, 3.05) is 0 Å². The Hall–Kier alpha value is -3.44. The van der Waals surface area contributed by atoms with Crippen molar-refractivity contribution in [3.05, 3.63) is 67.9 Å².